The van der Waals surface area contributed by atoms with Gasteiger partial charge in [-0.15, -0.1) is 0 Å². The normalized spacial score (nSPS) is 14.1. The molecule has 1 rings (SSSR count). The molecule has 0 radical (unpaired) electrons. The van der Waals surface area contributed by atoms with Gasteiger partial charge in [-0.05, 0) is 17.7 Å². The molecule has 0 fully saturated rings. The Morgan fingerprint density at radius 3 is 2.53 bits per heavy atom. The first-order chi connectivity index (χ1) is 8.02. The highest BCUT2D eigenvalue weighted by molar-refractivity contribution is 7.74. The van der Waals surface area contributed by atoms with Gasteiger partial charge in [-0.2, -0.15) is 4.21 Å². The standard InChI is InChI=1S/C10H13NO5S/c1-15-9(11)6-7-2-4-8(5-3-7)10(12)16-17(13)14/h2-5,9H,6,11H2,1H3,(H,13,14). The number of benzene rings is 1. The molecule has 2 atom stereocenters. The molecule has 0 heterocycles. The zero-order valence-electron chi connectivity index (χ0n) is 9.16. The summed E-state index contributed by atoms with van der Waals surface area (Å²) in [6, 6.07) is 6.34. The first-order valence-electron chi connectivity index (χ1n) is 4.73. The van der Waals surface area contributed by atoms with Crippen LogP contribution in [0, 0.1) is 0 Å². The first-order valence-corrected chi connectivity index (χ1v) is 5.77. The summed E-state index contributed by atoms with van der Waals surface area (Å²) >= 11 is -2.60. The summed E-state index contributed by atoms with van der Waals surface area (Å²) in [5.74, 6) is -0.853. The minimum atomic E-state index is -2.60. The van der Waals surface area contributed by atoms with Gasteiger partial charge < -0.3 is 14.7 Å². The third kappa shape index (κ3) is 4.61. The van der Waals surface area contributed by atoms with Gasteiger partial charge in [0.1, 0.15) is 6.23 Å². The van der Waals surface area contributed by atoms with E-state index in [9.17, 15) is 9.00 Å². The van der Waals surface area contributed by atoms with E-state index in [-0.39, 0.29) is 5.56 Å². The van der Waals surface area contributed by atoms with Crippen molar-refractivity contribution in [2.24, 2.45) is 5.73 Å². The van der Waals surface area contributed by atoms with Crippen molar-refractivity contribution in [1.82, 2.24) is 0 Å². The molecule has 7 heteroatoms. The van der Waals surface area contributed by atoms with Crippen molar-refractivity contribution in [3.8, 4) is 0 Å². The number of hydrogen-bond donors (Lipinski definition) is 2. The lowest BCUT2D eigenvalue weighted by Gasteiger charge is -2.09. The van der Waals surface area contributed by atoms with Crippen LogP contribution in [0.3, 0.4) is 0 Å². The number of nitrogens with two attached hydrogens (primary N) is 1. The molecule has 3 N–H and O–H groups in total. The van der Waals surface area contributed by atoms with Crippen LogP contribution in [0.2, 0.25) is 0 Å². The number of hydrogen-bond acceptors (Lipinski definition) is 5. The molecule has 0 aromatic heterocycles. The molecule has 0 saturated heterocycles. The van der Waals surface area contributed by atoms with Crippen LogP contribution in [0.1, 0.15) is 15.9 Å². The maximum Gasteiger partial charge on any atom is 0.360 e. The molecule has 94 valence electrons. The summed E-state index contributed by atoms with van der Waals surface area (Å²) < 4.78 is 27.7. The Morgan fingerprint density at radius 1 is 1.47 bits per heavy atom. The number of rotatable bonds is 5. The molecule has 0 saturated carbocycles. The maximum absolute atomic E-state index is 11.2. The molecule has 1 aromatic carbocycles. The monoisotopic (exact) mass is 259 g/mol. The largest absolute Gasteiger partial charge is 0.366 e. The average Bonchev–Trinajstić information content (AvgIpc) is 2.28. The molecule has 0 aliphatic rings. The van der Waals surface area contributed by atoms with Crippen molar-refractivity contribution < 1.29 is 22.5 Å². The third-order valence-corrected chi connectivity index (χ3v) is 2.37. The second kappa shape index (κ2) is 6.45. The van der Waals surface area contributed by atoms with Crippen LogP contribution in [0.5, 0.6) is 0 Å². The molecule has 0 aliphatic heterocycles. The zero-order valence-corrected chi connectivity index (χ0v) is 9.98. The van der Waals surface area contributed by atoms with Crippen LogP contribution in [0.25, 0.3) is 0 Å². The van der Waals surface area contributed by atoms with E-state index in [0.717, 1.165) is 5.56 Å². The van der Waals surface area contributed by atoms with E-state index >= 15 is 0 Å². The van der Waals surface area contributed by atoms with Gasteiger partial charge in [0.2, 0.25) is 0 Å². The van der Waals surface area contributed by atoms with Gasteiger partial charge in [0.25, 0.3) is 0 Å². The van der Waals surface area contributed by atoms with Crippen LogP contribution in [0.15, 0.2) is 24.3 Å². The van der Waals surface area contributed by atoms with Crippen molar-refractivity contribution in [1.29, 1.82) is 0 Å². The highest BCUT2D eigenvalue weighted by Crippen LogP contribution is 2.08. The van der Waals surface area contributed by atoms with Gasteiger partial charge in [0.15, 0.2) is 0 Å². The predicted molar refractivity (Wildman–Crippen MR) is 61.3 cm³/mol. The van der Waals surface area contributed by atoms with E-state index in [2.05, 4.69) is 4.18 Å². The van der Waals surface area contributed by atoms with Gasteiger partial charge in [-0.25, -0.2) is 4.79 Å². The van der Waals surface area contributed by atoms with Crippen LogP contribution in [-0.4, -0.2) is 28.1 Å². The fourth-order valence-corrected chi connectivity index (χ4v) is 1.43. The fourth-order valence-electron chi connectivity index (χ4n) is 1.21. The number of ether oxygens (including phenoxy) is 1. The molecular formula is C10H13NO5S. The lowest BCUT2D eigenvalue weighted by molar-refractivity contribution is 0.0743. The Bertz CT molecular complexity index is 406. The SMILES string of the molecule is COC(N)Cc1ccc(C(=O)OS(=O)O)cc1. The molecule has 0 bridgehead atoms. The van der Waals surface area contributed by atoms with Crippen molar-refractivity contribution in [2.75, 3.05) is 7.11 Å². The summed E-state index contributed by atoms with van der Waals surface area (Å²) in [5.41, 5.74) is 6.67. The van der Waals surface area contributed by atoms with Crippen molar-refractivity contribution in [3.63, 3.8) is 0 Å². The number of carbonyl (C=O) groups is 1. The molecule has 1 aromatic rings. The highest BCUT2D eigenvalue weighted by atomic mass is 32.2. The highest BCUT2D eigenvalue weighted by Gasteiger charge is 2.10. The minimum Gasteiger partial charge on any atom is -0.366 e. The Balaban J connectivity index is 2.67. The van der Waals surface area contributed by atoms with Gasteiger partial charge in [0.05, 0.1) is 5.56 Å². The summed E-state index contributed by atoms with van der Waals surface area (Å²) in [5, 5.41) is 0. The second-order valence-electron chi connectivity index (χ2n) is 3.26. The molecular weight excluding hydrogens is 246 g/mol. The fraction of sp³-hybridized carbons (Fsp3) is 0.300. The van der Waals surface area contributed by atoms with Gasteiger partial charge in [0, 0.05) is 13.5 Å². The maximum atomic E-state index is 11.2. The number of carbonyl (C=O) groups excluding carboxylic acids is 1. The zero-order chi connectivity index (χ0) is 12.8. The topological polar surface area (TPSA) is 98.9 Å². The first kappa shape index (κ1) is 13.8. The Morgan fingerprint density at radius 2 is 2.06 bits per heavy atom. The average molecular weight is 259 g/mol. The van der Waals surface area contributed by atoms with E-state index in [1.54, 1.807) is 12.1 Å². The van der Waals surface area contributed by atoms with E-state index < -0.39 is 23.6 Å². The van der Waals surface area contributed by atoms with Gasteiger partial charge >= 0.3 is 17.3 Å². The van der Waals surface area contributed by atoms with Crippen molar-refractivity contribution in [3.05, 3.63) is 35.4 Å². The van der Waals surface area contributed by atoms with Crippen molar-refractivity contribution >= 4 is 17.3 Å². The molecule has 0 spiro atoms. The summed E-state index contributed by atoms with van der Waals surface area (Å²) in [6.07, 6.45) is 0.107. The predicted octanol–water partition coefficient (Wildman–Crippen LogP) is 0.454. The van der Waals surface area contributed by atoms with Crippen LogP contribution >= 0.6 is 0 Å². The molecule has 6 nitrogen and oxygen atoms in total. The minimum absolute atomic E-state index is 0.196. The molecule has 2 unspecified atom stereocenters. The van der Waals surface area contributed by atoms with E-state index in [4.69, 9.17) is 15.0 Å². The Hall–Kier alpha value is -1.28. The van der Waals surface area contributed by atoms with Crippen LogP contribution < -0.4 is 5.73 Å². The van der Waals surface area contributed by atoms with Gasteiger partial charge in [-0.3, -0.25) is 4.55 Å². The second-order valence-corrected chi connectivity index (χ2v) is 3.86. The summed E-state index contributed by atoms with van der Waals surface area (Å²) in [6.45, 7) is 0. The van der Waals surface area contributed by atoms with E-state index in [1.165, 1.54) is 19.2 Å². The van der Waals surface area contributed by atoms with Crippen molar-refractivity contribution in [2.45, 2.75) is 12.6 Å². The quantitative estimate of drug-likeness (QED) is 0.588. The van der Waals surface area contributed by atoms with Gasteiger partial charge in [-0.1, -0.05) is 12.1 Å². The smallest absolute Gasteiger partial charge is 0.360 e. The van der Waals surface area contributed by atoms with E-state index in [0.29, 0.717) is 6.42 Å². The molecule has 17 heavy (non-hydrogen) atoms. The molecule has 0 aliphatic carbocycles. The van der Waals surface area contributed by atoms with Crippen LogP contribution in [0.4, 0.5) is 0 Å². The lowest BCUT2D eigenvalue weighted by atomic mass is 10.1. The Labute approximate surface area is 101 Å². The van der Waals surface area contributed by atoms with Crippen LogP contribution in [-0.2, 0) is 26.7 Å². The Kier molecular flexibility index (Phi) is 5.23. The van der Waals surface area contributed by atoms with E-state index in [1.807, 2.05) is 0 Å². The molecule has 0 amide bonds. The number of methoxy groups -OCH3 is 1. The lowest BCUT2D eigenvalue weighted by Crippen LogP contribution is -2.24. The summed E-state index contributed by atoms with van der Waals surface area (Å²) in [4.78, 5) is 11.2. The summed E-state index contributed by atoms with van der Waals surface area (Å²) in [7, 11) is 1.51. The third-order valence-electron chi connectivity index (χ3n) is 2.08.